The Kier molecular flexibility index (Phi) is 3.71. The van der Waals surface area contributed by atoms with Gasteiger partial charge < -0.3 is 16.4 Å². The van der Waals surface area contributed by atoms with Crippen molar-refractivity contribution < 1.29 is 9.59 Å². The predicted molar refractivity (Wildman–Crippen MR) is 64.5 cm³/mol. The van der Waals surface area contributed by atoms with Gasteiger partial charge in [0.05, 0.1) is 12.4 Å². The average Bonchev–Trinajstić information content (AvgIpc) is 3.18. The van der Waals surface area contributed by atoms with Crippen LogP contribution in [0.15, 0.2) is 12.4 Å². The maximum Gasteiger partial charge on any atom is 0.271 e. The zero-order valence-electron chi connectivity index (χ0n) is 9.85. The molecule has 96 valence electrons. The summed E-state index contributed by atoms with van der Waals surface area (Å²) in [6.07, 6.45) is 4.65. The lowest BCUT2D eigenvalue weighted by atomic mass is 10.4. The summed E-state index contributed by atoms with van der Waals surface area (Å²) in [5, 5.41) is 5.38. The molecule has 2 amide bonds. The van der Waals surface area contributed by atoms with Crippen molar-refractivity contribution in [2.24, 2.45) is 5.92 Å². The lowest BCUT2D eigenvalue weighted by Gasteiger charge is -2.06. The number of nitrogens with zero attached hydrogens (tertiary/aromatic N) is 2. The molecular formula is C11H15N5O2. The van der Waals surface area contributed by atoms with Gasteiger partial charge >= 0.3 is 0 Å². The first-order chi connectivity index (χ1) is 8.66. The van der Waals surface area contributed by atoms with Crippen molar-refractivity contribution in [3.8, 4) is 0 Å². The van der Waals surface area contributed by atoms with Crippen LogP contribution in [0.25, 0.3) is 0 Å². The fraction of sp³-hybridized carbons (Fsp3) is 0.455. The number of hydrogen-bond acceptors (Lipinski definition) is 5. The van der Waals surface area contributed by atoms with Gasteiger partial charge in [-0.1, -0.05) is 0 Å². The number of nitrogens with one attached hydrogen (secondary N) is 2. The van der Waals surface area contributed by atoms with Crippen LogP contribution in [0, 0.1) is 5.92 Å². The summed E-state index contributed by atoms with van der Waals surface area (Å²) in [7, 11) is 0. The number of rotatable bonds is 5. The molecule has 0 bridgehead atoms. The van der Waals surface area contributed by atoms with Gasteiger partial charge in [0.1, 0.15) is 11.5 Å². The highest BCUT2D eigenvalue weighted by Gasteiger charge is 2.28. The number of anilines is 1. The van der Waals surface area contributed by atoms with Crippen LogP contribution in [-0.4, -0.2) is 34.9 Å². The van der Waals surface area contributed by atoms with Crippen LogP contribution in [0.3, 0.4) is 0 Å². The molecule has 0 saturated heterocycles. The van der Waals surface area contributed by atoms with Gasteiger partial charge in [-0.05, 0) is 12.8 Å². The lowest BCUT2D eigenvalue weighted by molar-refractivity contribution is -0.122. The van der Waals surface area contributed by atoms with Gasteiger partial charge in [-0.25, -0.2) is 4.98 Å². The van der Waals surface area contributed by atoms with Gasteiger partial charge in [-0.15, -0.1) is 0 Å². The molecule has 18 heavy (non-hydrogen) atoms. The van der Waals surface area contributed by atoms with Crippen molar-refractivity contribution >= 4 is 17.6 Å². The summed E-state index contributed by atoms with van der Waals surface area (Å²) >= 11 is 0. The Hall–Kier alpha value is -2.18. The van der Waals surface area contributed by atoms with E-state index in [1.165, 1.54) is 12.4 Å². The van der Waals surface area contributed by atoms with Crippen molar-refractivity contribution in [3.63, 3.8) is 0 Å². The van der Waals surface area contributed by atoms with E-state index in [0.29, 0.717) is 13.1 Å². The molecular weight excluding hydrogens is 234 g/mol. The Morgan fingerprint density at radius 2 is 2.00 bits per heavy atom. The van der Waals surface area contributed by atoms with Crippen molar-refractivity contribution in [1.82, 2.24) is 20.6 Å². The van der Waals surface area contributed by atoms with Crippen molar-refractivity contribution in [2.45, 2.75) is 12.8 Å². The fourth-order valence-electron chi connectivity index (χ4n) is 1.43. The second-order valence-electron chi connectivity index (χ2n) is 4.15. The van der Waals surface area contributed by atoms with Gasteiger partial charge in [0, 0.05) is 19.0 Å². The summed E-state index contributed by atoms with van der Waals surface area (Å²) in [4.78, 5) is 30.5. The molecule has 1 aromatic heterocycles. The molecule has 0 aliphatic heterocycles. The first-order valence-corrected chi connectivity index (χ1v) is 5.80. The highest BCUT2D eigenvalue weighted by atomic mass is 16.2. The third kappa shape index (κ3) is 3.41. The predicted octanol–water partition coefficient (Wildman–Crippen LogP) is -0.685. The van der Waals surface area contributed by atoms with E-state index >= 15 is 0 Å². The molecule has 1 aliphatic rings. The summed E-state index contributed by atoms with van der Waals surface area (Å²) < 4.78 is 0. The summed E-state index contributed by atoms with van der Waals surface area (Å²) in [5.41, 5.74) is 5.59. The second kappa shape index (κ2) is 5.44. The largest absolute Gasteiger partial charge is 0.382 e. The van der Waals surface area contributed by atoms with Crippen LogP contribution in [0.1, 0.15) is 23.3 Å². The van der Waals surface area contributed by atoms with Crippen molar-refractivity contribution in [2.75, 3.05) is 18.8 Å². The molecule has 2 rings (SSSR count). The summed E-state index contributed by atoms with van der Waals surface area (Å²) in [6.45, 7) is 0.768. The van der Waals surface area contributed by atoms with Gasteiger partial charge in [-0.3, -0.25) is 14.6 Å². The first-order valence-electron chi connectivity index (χ1n) is 5.80. The van der Waals surface area contributed by atoms with E-state index in [9.17, 15) is 9.59 Å². The molecule has 1 aromatic rings. The monoisotopic (exact) mass is 249 g/mol. The minimum Gasteiger partial charge on any atom is -0.382 e. The SMILES string of the molecule is Nc1cncc(C(=O)NCCNC(=O)C2CC2)n1. The number of carbonyl (C=O) groups is 2. The molecule has 0 spiro atoms. The zero-order valence-corrected chi connectivity index (χ0v) is 9.85. The van der Waals surface area contributed by atoms with Gasteiger partial charge in [0.25, 0.3) is 5.91 Å². The number of nitrogens with two attached hydrogens (primary N) is 1. The van der Waals surface area contributed by atoms with Crippen LogP contribution < -0.4 is 16.4 Å². The number of hydrogen-bond donors (Lipinski definition) is 3. The first kappa shape index (κ1) is 12.3. The summed E-state index contributed by atoms with van der Waals surface area (Å²) in [6, 6.07) is 0. The average molecular weight is 249 g/mol. The van der Waals surface area contributed by atoms with Crippen LogP contribution in [-0.2, 0) is 4.79 Å². The highest BCUT2D eigenvalue weighted by Crippen LogP contribution is 2.28. The van der Waals surface area contributed by atoms with Crippen LogP contribution in [0.5, 0.6) is 0 Å². The van der Waals surface area contributed by atoms with Crippen LogP contribution >= 0.6 is 0 Å². The molecule has 0 radical (unpaired) electrons. The number of amides is 2. The topological polar surface area (TPSA) is 110 Å². The Bertz CT molecular complexity index is 459. The smallest absolute Gasteiger partial charge is 0.271 e. The fourth-order valence-corrected chi connectivity index (χ4v) is 1.43. The van der Waals surface area contributed by atoms with Crippen molar-refractivity contribution in [3.05, 3.63) is 18.1 Å². The molecule has 0 aromatic carbocycles. The Balaban J connectivity index is 1.69. The number of nitrogen functional groups attached to an aromatic ring is 1. The molecule has 1 saturated carbocycles. The molecule has 0 unspecified atom stereocenters. The number of carbonyl (C=O) groups excluding carboxylic acids is 2. The Morgan fingerprint density at radius 1 is 1.28 bits per heavy atom. The normalized spacial score (nSPS) is 14.0. The second-order valence-corrected chi connectivity index (χ2v) is 4.15. The molecule has 0 atom stereocenters. The molecule has 7 heteroatoms. The van der Waals surface area contributed by atoms with E-state index in [-0.39, 0.29) is 29.2 Å². The van der Waals surface area contributed by atoms with E-state index in [1.807, 2.05) is 0 Å². The molecule has 7 nitrogen and oxygen atoms in total. The van der Waals surface area contributed by atoms with Crippen molar-refractivity contribution in [1.29, 1.82) is 0 Å². The Morgan fingerprint density at radius 3 is 2.67 bits per heavy atom. The quantitative estimate of drug-likeness (QED) is 0.598. The standard InChI is InChI=1S/C11H15N5O2/c12-9-6-13-5-8(16-9)11(18)15-4-3-14-10(17)7-1-2-7/h5-7H,1-4H2,(H2,12,16)(H,14,17)(H,15,18). The highest BCUT2D eigenvalue weighted by molar-refractivity contribution is 5.92. The maximum atomic E-state index is 11.6. The minimum atomic E-state index is -0.351. The van der Waals surface area contributed by atoms with E-state index in [1.54, 1.807) is 0 Å². The van der Waals surface area contributed by atoms with Gasteiger partial charge in [0.15, 0.2) is 0 Å². The maximum absolute atomic E-state index is 11.6. The van der Waals surface area contributed by atoms with Crippen LogP contribution in [0.4, 0.5) is 5.82 Å². The molecule has 1 fully saturated rings. The molecule has 4 N–H and O–H groups in total. The molecule has 1 aliphatic carbocycles. The zero-order chi connectivity index (χ0) is 13.0. The van der Waals surface area contributed by atoms with Crippen LogP contribution in [0.2, 0.25) is 0 Å². The minimum absolute atomic E-state index is 0.0630. The Labute approximate surface area is 104 Å². The van der Waals surface area contributed by atoms with E-state index in [2.05, 4.69) is 20.6 Å². The lowest BCUT2D eigenvalue weighted by Crippen LogP contribution is -2.35. The molecule has 1 heterocycles. The third-order valence-electron chi connectivity index (χ3n) is 2.54. The van der Waals surface area contributed by atoms with E-state index in [0.717, 1.165) is 12.8 Å². The summed E-state index contributed by atoms with van der Waals surface area (Å²) in [5.74, 6) is 0.0913. The van der Waals surface area contributed by atoms with Gasteiger partial charge in [-0.2, -0.15) is 0 Å². The van der Waals surface area contributed by atoms with E-state index < -0.39 is 0 Å². The van der Waals surface area contributed by atoms with E-state index in [4.69, 9.17) is 5.73 Å². The number of aromatic nitrogens is 2. The third-order valence-corrected chi connectivity index (χ3v) is 2.54. The van der Waals surface area contributed by atoms with Gasteiger partial charge in [0.2, 0.25) is 5.91 Å².